The van der Waals surface area contributed by atoms with Gasteiger partial charge in [0.1, 0.15) is 5.82 Å². The lowest BCUT2D eigenvalue weighted by molar-refractivity contribution is 0.0940. The van der Waals surface area contributed by atoms with E-state index in [1.807, 2.05) is 18.2 Å². The summed E-state index contributed by atoms with van der Waals surface area (Å²) in [5.41, 5.74) is 1.45. The maximum atomic E-state index is 12.4. The summed E-state index contributed by atoms with van der Waals surface area (Å²) in [6.45, 7) is 1.76. The summed E-state index contributed by atoms with van der Waals surface area (Å²) in [6, 6.07) is 9.21. The van der Waals surface area contributed by atoms with Gasteiger partial charge < -0.3 is 16.0 Å². The molecular formula is C17H16ClN5OS. The zero-order valence-electron chi connectivity index (χ0n) is 13.3. The molecule has 1 aliphatic rings. The van der Waals surface area contributed by atoms with Crippen LogP contribution in [-0.4, -0.2) is 35.0 Å². The fourth-order valence-corrected chi connectivity index (χ4v) is 3.90. The molecule has 4 rings (SSSR count). The topological polar surface area (TPSA) is 78.9 Å². The number of amides is 1. The molecule has 1 fully saturated rings. The number of nitrogens with one attached hydrogen (secondary N) is 3. The fraction of sp³-hybridized carbons (Fsp3) is 0.235. The van der Waals surface area contributed by atoms with Crippen LogP contribution in [0.5, 0.6) is 0 Å². The average Bonchev–Trinajstić information content (AvgIpc) is 3.24. The number of fused-ring (bicyclic) bond motifs is 1. The number of pyridine rings is 1. The first kappa shape index (κ1) is 16.3. The van der Waals surface area contributed by atoms with Crippen LogP contribution in [-0.2, 0) is 0 Å². The molecule has 2 aromatic heterocycles. The van der Waals surface area contributed by atoms with Gasteiger partial charge in [0.25, 0.3) is 5.91 Å². The first-order valence-electron chi connectivity index (χ1n) is 7.98. The Morgan fingerprint density at radius 2 is 2.24 bits per heavy atom. The largest absolute Gasteiger partial charge is 0.348 e. The summed E-state index contributed by atoms with van der Waals surface area (Å²) in [4.78, 5) is 21.1. The summed E-state index contributed by atoms with van der Waals surface area (Å²) < 4.78 is 0.998. The molecule has 3 aromatic rings. The number of carbonyl (C=O) groups is 1. The third-order valence-corrected chi connectivity index (χ3v) is 5.17. The fourth-order valence-electron chi connectivity index (χ4n) is 2.75. The number of aromatic nitrogens is 2. The van der Waals surface area contributed by atoms with Crippen molar-refractivity contribution in [2.24, 2.45) is 0 Å². The minimum Gasteiger partial charge on any atom is -0.348 e. The van der Waals surface area contributed by atoms with Gasteiger partial charge in [0.05, 0.1) is 10.2 Å². The number of anilines is 2. The lowest BCUT2D eigenvalue weighted by Crippen LogP contribution is -2.36. The van der Waals surface area contributed by atoms with Gasteiger partial charge in [0, 0.05) is 29.4 Å². The van der Waals surface area contributed by atoms with Crippen LogP contribution in [0.2, 0.25) is 5.02 Å². The van der Waals surface area contributed by atoms with E-state index >= 15 is 0 Å². The highest BCUT2D eigenvalue weighted by atomic mass is 35.5. The molecule has 0 saturated carbocycles. The van der Waals surface area contributed by atoms with Crippen molar-refractivity contribution in [2.75, 3.05) is 18.4 Å². The normalized spacial score (nSPS) is 16.9. The minimum absolute atomic E-state index is 0.0877. The summed E-state index contributed by atoms with van der Waals surface area (Å²) in [5, 5.41) is 10.8. The van der Waals surface area contributed by atoms with E-state index in [-0.39, 0.29) is 11.9 Å². The molecule has 128 valence electrons. The minimum atomic E-state index is -0.0877. The van der Waals surface area contributed by atoms with Crippen molar-refractivity contribution in [3.8, 4) is 0 Å². The lowest BCUT2D eigenvalue weighted by atomic mass is 10.2. The van der Waals surface area contributed by atoms with Gasteiger partial charge in [-0.1, -0.05) is 22.9 Å². The second-order valence-corrected chi connectivity index (χ2v) is 7.32. The molecule has 25 heavy (non-hydrogen) atoms. The number of hydrogen-bond acceptors (Lipinski definition) is 6. The SMILES string of the molecule is O=C(N[C@@H]1CCNC1)c1ccnc(Nc2nc3ccc(Cl)cc3s2)c1. The molecule has 1 amide bonds. The Morgan fingerprint density at radius 1 is 1.32 bits per heavy atom. The standard InChI is InChI=1S/C17H16ClN5OS/c18-11-1-2-13-14(8-11)25-17(22-13)23-15-7-10(3-6-20-15)16(24)21-12-4-5-19-9-12/h1-3,6-8,12,19H,4-5,9H2,(H,21,24)(H,20,22,23)/t12-/m1/s1. The number of rotatable bonds is 4. The van der Waals surface area contributed by atoms with Crippen LogP contribution < -0.4 is 16.0 Å². The molecule has 8 heteroatoms. The van der Waals surface area contributed by atoms with Crippen LogP contribution in [0.25, 0.3) is 10.2 Å². The Bertz CT molecular complexity index is 922. The van der Waals surface area contributed by atoms with Crippen molar-refractivity contribution in [3.63, 3.8) is 0 Å². The monoisotopic (exact) mass is 373 g/mol. The van der Waals surface area contributed by atoms with Crippen LogP contribution in [0.4, 0.5) is 10.9 Å². The quantitative estimate of drug-likeness (QED) is 0.654. The third-order valence-electron chi connectivity index (χ3n) is 4.00. The van der Waals surface area contributed by atoms with Gasteiger partial charge in [-0.25, -0.2) is 9.97 Å². The number of thiazole rings is 1. The van der Waals surface area contributed by atoms with E-state index in [0.29, 0.717) is 21.5 Å². The Morgan fingerprint density at radius 3 is 3.08 bits per heavy atom. The van der Waals surface area contributed by atoms with E-state index in [9.17, 15) is 4.79 Å². The van der Waals surface area contributed by atoms with E-state index in [1.54, 1.807) is 18.3 Å². The summed E-state index contributed by atoms with van der Waals surface area (Å²) >= 11 is 7.50. The van der Waals surface area contributed by atoms with Crippen molar-refractivity contribution in [3.05, 3.63) is 47.1 Å². The van der Waals surface area contributed by atoms with Crippen LogP contribution in [0.1, 0.15) is 16.8 Å². The van der Waals surface area contributed by atoms with Crippen molar-refractivity contribution in [1.29, 1.82) is 0 Å². The predicted octanol–water partition coefficient (Wildman–Crippen LogP) is 3.18. The summed E-state index contributed by atoms with van der Waals surface area (Å²) in [7, 11) is 0. The van der Waals surface area contributed by atoms with Crippen LogP contribution in [0.15, 0.2) is 36.5 Å². The van der Waals surface area contributed by atoms with E-state index < -0.39 is 0 Å². The molecular weight excluding hydrogens is 358 g/mol. The van der Waals surface area contributed by atoms with Crippen LogP contribution in [0.3, 0.4) is 0 Å². The Labute approximate surface area is 153 Å². The maximum Gasteiger partial charge on any atom is 0.251 e. The van der Waals surface area contributed by atoms with Crippen molar-refractivity contribution >= 4 is 50.0 Å². The first-order chi connectivity index (χ1) is 12.2. The molecule has 1 saturated heterocycles. The number of hydrogen-bond donors (Lipinski definition) is 3. The summed E-state index contributed by atoms with van der Waals surface area (Å²) in [5.74, 6) is 0.498. The second-order valence-electron chi connectivity index (χ2n) is 5.85. The number of halogens is 1. The van der Waals surface area contributed by atoms with Gasteiger partial charge >= 0.3 is 0 Å². The predicted molar refractivity (Wildman–Crippen MR) is 101 cm³/mol. The molecule has 0 spiro atoms. The maximum absolute atomic E-state index is 12.4. The van der Waals surface area contributed by atoms with Crippen molar-refractivity contribution < 1.29 is 4.79 Å². The van der Waals surface area contributed by atoms with Gasteiger partial charge in [-0.2, -0.15) is 0 Å². The molecule has 3 heterocycles. The number of benzene rings is 1. The zero-order valence-corrected chi connectivity index (χ0v) is 14.8. The van der Waals surface area contributed by atoms with Crippen molar-refractivity contribution in [2.45, 2.75) is 12.5 Å². The van der Waals surface area contributed by atoms with Crippen LogP contribution >= 0.6 is 22.9 Å². The lowest BCUT2D eigenvalue weighted by Gasteiger charge is -2.11. The number of nitrogens with zero attached hydrogens (tertiary/aromatic N) is 2. The molecule has 6 nitrogen and oxygen atoms in total. The molecule has 0 radical (unpaired) electrons. The highest BCUT2D eigenvalue weighted by Gasteiger charge is 2.18. The molecule has 3 N–H and O–H groups in total. The molecule has 0 bridgehead atoms. The summed E-state index contributed by atoms with van der Waals surface area (Å²) in [6.07, 6.45) is 2.57. The Hall–Kier alpha value is -2.22. The van der Waals surface area contributed by atoms with E-state index in [4.69, 9.17) is 11.6 Å². The highest BCUT2D eigenvalue weighted by molar-refractivity contribution is 7.22. The van der Waals surface area contributed by atoms with Gasteiger partial charge in [-0.3, -0.25) is 4.79 Å². The smallest absolute Gasteiger partial charge is 0.251 e. The molecule has 1 aliphatic heterocycles. The first-order valence-corrected chi connectivity index (χ1v) is 9.17. The second kappa shape index (κ2) is 6.95. The third kappa shape index (κ3) is 3.73. The zero-order chi connectivity index (χ0) is 17.2. The molecule has 1 aromatic carbocycles. The Balaban J connectivity index is 1.51. The van der Waals surface area contributed by atoms with Crippen molar-refractivity contribution in [1.82, 2.24) is 20.6 Å². The highest BCUT2D eigenvalue weighted by Crippen LogP contribution is 2.29. The number of carbonyl (C=O) groups excluding carboxylic acids is 1. The van der Waals surface area contributed by atoms with E-state index in [2.05, 4.69) is 25.9 Å². The molecule has 0 aliphatic carbocycles. The van der Waals surface area contributed by atoms with E-state index in [0.717, 1.165) is 29.7 Å². The van der Waals surface area contributed by atoms with Gasteiger partial charge in [-0.05, 0) is 43.3 Å². The average molecular weight is 374 g/mol. The Kier molecular flexibility index (Phi) is 4.52. The van der Waals surface area contributed by atoms with Gasteiger partial charge in [0.15, 0.2) is 5.13 Å². The van der Waals surface area contributed by atoms with Crippen LogP contribution in [0, 0.1) is 0 Å². The van der Waals surface area contributed by atoms with E-state index in [1.165, 1.54) is 11.3 Å². The van der Waals surface area contributed by atoms with Gasteiger partial charge in [-0.15, -0.1) is 0 Å². The van der Waals surface area contributed by atoms with Gasteiger partial charge in [0.2, 0.25) is 0 Å². The molecule has 1 atom stereocenters. The molecule has 0 unspecified atom stereocenters.